The van der Waals surface area contributed by atoms with Crippen LogP contribution in [0.5, 0.6) is 0 Å². The Morgan fingerprint density at radius 2 is 2.14 bits per heavy atom. The van der Waals surface area contributed by atoms with Crippen LogP contribution in [0.2, 0.25) is 0 Å². The van der Waals surface area contributed by atoms with Crippen LogP contribution in [0.1, 0.15) is 25.3 Å². The predicted octanol–water partition coefficient (Wildman–Crippen LogP) is 2.92. The summed E-state index contributed by atoms with van der Waals surface area (Å²) >= 11 is 0. The van der Waals surface area contributed by atoms with E-state index < -0.39 is 4.92 Å². The average Bonchev–Trinajstić information content (AvgIpc) is 2.73. The molecule has 1 saturated heterocycles. The molecule has 1 fully saturated rings. The van der Waals surface area contributed by atoms with Crippen molar-refractivity contribution in [2.45, 2.75) is 26.3 Å². The summed E-state index contributed by atoms with van der Waals surface area (Å²) in [6.45, 7) is 3.12. The van der Waals surface area contributed by atoms with E-state index in [1.165, 1.54) is 18.5 Å². The minimum atomic E-state index is -0.531. The summed E-state index contributed by atoms with van der Waals surface area (Å²) in [7, 11) is 0. The van der Waals surface area contributed by atoms with Gasteiger partial charge in [0, 0.05) is 19.6 Å². The highest BCUT2D eigenvalue weighted by Crippen LogP contribution is 2.34. The summed E-state index contributed by atoms with van der Waals surface area (Å²) in [6, 6.07) is 5.82. The number of aromatic nitrogens is 2. The van der Waals surface area contributed by atoms with Gasteiger partial charge < -0.3 is 15.0 Å². The number of nitro groups is 1. The molecule has 0 aliphatic carbocycles. The summed E-state index contributed by atoms with van der Waals surface area (Å²) in [4.78, 5) is 33.2. The maximum absolute atomic E-state index is 13.0. The Hall–Kier alpha value is -3.30. The predicted molar refractivity (Wildman–Crippen MR) is 104 cm³/mol. The second-order valence-corrected chi connectivity index (χ2v) is 6.67. The lowest BCUT2D eigenvalue weighted by Gasteiger charge is -2.32. The number of rotatable bonds is 7. The topological polar surface area (TPSA) is 110 Å². The van der Waals surface area contributed by atoms with Crippen molar-refractivity contribution < 1.29 is 18.8 Å². The number of nitrogens with zero attached hydrogens (tertiary/aromatic N) is 4. The smallest absolute Gasteiger partial charge is 0.353 e. The molecule has 0 bridgehead atoms. The van der Waals surface area contributed by atoms with Crippen molar-refractivity contribution in [2.24, 2.45) is 5.92 Å². The zero-order valence-corrected chi connectivity index (χ0v) is 16.0. The van der Waals surface area contributed by atoms with E-state index in [2.05, 4.69) is 15.3 Å². The maximum atomic E-state index is 13.0. The van der Waals surface area contributed by atoms with Gasteiger partial charge in [0.15, 0.2) is 0 Å². The Balaban J connectivity index is 1.81. The van der Waals surface area contributed by atoms with Crippen LogP contribution in [-0.4, -0.2) is 40.6 Å². The molecular weight excluding hydrogens is 381 g/mol. The first-order valence-corrected chi connectivity index (χ1v) is 9.39. The van der Waals surface area contributed by atoms with Gasteiger partial charge in [0.05, 0.1) is 17.4 Å². The highest BCUT2D eigenvalue weighted by molar-refractivity contribution is 5.75. The molecular formula is C19H22FN5O4. The molecule has 3 rings (SSSR count). The third-order valence-corrected chi connectivity index (χ3v) is 4.70. The number of hydrogen-bond acceptors (Lipinski definition) is 8. The van der Waals surface area contributed by atoms with E-state index in [4.69, 9.17) is 4.74 Å². The van der Waals surface area contributed by atoms with Crippen molar-refractivity contribution in [1.82, 2.24) is 9.97 Å². The Morgan fingerprint density at radius 1 is 1.38 bits per heavy atom. The van der Waals surface area contributed by atoms with Crippen molar-refractivity contribution in [3.05, 3.63) is 52.1 Å². The van der Waals surface area contributed by atoms with Crippen molar-refractivity contribution in [1.29, 1.82) is 0 Å². The first kappa shape index (κ1) is 20.4. The second kappa shape index (κ2) is 9.26. The Morgan fingerprint density at radius 3 is 2.83 bits per heavy atom. The molecule has 1 aromatic heterocycles. The molecule has 1 aliphatic rings. The molecule has 0 amide bonds. The molecule has 29 heavy (non-hydrogen) atoms. The van der Waals surface area contributed by atoms with Crippen LogP contribution < -0.4 is 10.2 Å². The van der Waals surface area contributed by atoms with Gasteiger partial charge in [0.1, 0.15) is 12.1 Å². The van der Waals surface area contributed by atoms with Crippen LogP contribution in [0.4, 0.5) is 21.7 Å². The normalized spacial score (nSPS) is 16.3. The second-order valence-electron chi connectivity index (χ2n) is 6.67. The van der Waals surface area contributed by atoms with E-state index in [1.807, 2.05) is 0 Å². The summed E-state index contributed by atoms with van der Waals surface area (Å²) in [6.07, 6.45) is 2.62. The molecule has 1 atom stereocenters. The van der Waals surface area contributed by atoms with E-state index in [0.717, 1.165) is 5.56 Å². The highest BCUT2D eigenvalue weighted by Gasteiger charge is 2.33. The van der Waals surface area contributed by atoms with Gasteiger partial charge in [-0.25, -0.2) is 14.4 Å². The van der Waals surface area contributed by atoms with E-state index in [9.17, 15) is 19.3 Å². The van der Waals surface area contributed by atoms with Gasteiger partial charge in [-0.3, -0.25) is 14.9 Å². The quantitative estimate of drug-likeness (QED) is 0.427. The summed E-state index contributed by atoms with van der Waals surface area (Å²) in [5.74, 6) is -0.772. The number of anilines is 2. The third kappa shape index (κ3) is 4.95. The van der Waals surface area contributed by atoms with Crippen molar-refractivity contribution in [2.75, 3.05) is 29.9 Å². The molecule has 1 aliphatic heterocycles. The molecule has 1 aromatic carbocycles. The van der Waals surface area contributed by atoms with E-state index in [-0.39, 0.29) is 41.6 Å². The SMILES string of the molecule is CCOC(=O)C1CCCN(c2ncnc(NCc3ccc(F)cc3)c2[N+](=O)[O-])C1. The molecule has 10 heteroatoms. The maximum Gasteiger partial charge on any atom is 0.353 e. The molecule has 2 heterocycles. The first-order valence-electron chi connectivity index (χ1n) is 9.39. The number of piperidine rings is 1. The van der Waals surface area contributed by atoms with Crippen LogP contribution in [0.3, 0.4) is 0 Å². The van der Waals surface area contributed by atoms with Crippen LogP contribution in [0.25, 0.3) is 0 Å². The largest absolute Gasteiger partial charge is 0.466 e. The fourth-order valence-electron chi connectivity index (χ4n) is 3.31. The minimum Gasteiger partial charge on any atom is -0.466 e. The van der Waals surface area contributed by atoms with Gasteiger partial charge in [0.25, 0.3) is 0 Å². The van der Waals surface area contributed by atoms with Crippen LogP contribution >= 0.6 is 0 Å². The first-order chi connectivity index (χ1) is 14.0. The Kier molecular flexibility index (Phi) is 6.53. The number of carbonyl (C=O) groups excluding carboxylic acids is 1. The lowest BCUT2D eigenvalue weighted by atomic mass is 9.98. The number of benzene rings is 1. The molecule has 1 N–H and O–H groups in total. The van der Waals surface area contributed by atoms with E-state index in [0.29, 0.717) is 32.5 Å². The van der Waals surface area contributed by atoms with Gasteiger partial charge in [-0.05, 0) is 37.5 Å². The highest BCUT2D eigenvalue weighted by atomic mass is 19.1. The molecule has 1 unspecified atom stereocenters. The standard InChI is InChI=1S/C19H22FN5O4/c1-2-29-19(26)14-4-3-9-24(11-14)18-16(25(27)28)17(22-12-23-18)21-10-13-5-7-15(20)8-6-13/h5-8,12,14H,2-4,9-11H2,1H3,(H,21,22,23). The van der Waals surface area contributed by atoms with Gasteiger partial charge in [0.2, 0.25) is 11.6 Å². The van der Waals surface area contributed by atoms with Gasteiger partial charge >= 0.3 is 11.7 Å². The molecule has 0 saturated carbocycles. The number of esters is 1. The lowest BCUT2D eigenvalue weighted by Crippen LogP contribution is -2.40. The zero-order chi connectivity index (χ0) is 20.8. The summed E-state index contributed by atoms with van der Waals surface area (Å²) in [5.41, 5.74) is 0.500. The lowest BCUT2D eigenvalue weighted by molar-refractivity contribution is -0.383. The van der Waals surface area contributed by atoms with Crippen LogP contribution in [0, 0.1) is 21.8 Å². The van der Waals surface area contributed by atoms with E-state index in [1.54, 1.807) is 24.0 Å². The fourth-order valence-corrected chi connectivity index (χ4v) is 3.31. The molecule has 9 nitrogen and oxygen atoms in total. The molecule has 0 radical (unpaired) electrons. The third-order valence-electron chi connectivity index (χ3n) is 4.70. The average molecular weight is 403 g/mol. The molecule has 2 aromatic rings. The van der Waals surface area contributed by atoms with Crippen molar-refractivity contribution in [3.63, 3.8) is 0 Å². The van der Waals surface area contributed by atoms with Gasteiger partial charge in [-0.15, -0.1) is 0 Å². The van der Waals surface area contributed by atoms with Gasteiger partial charge in [-0.1, -0.05) is 12.1 Å². The number of carbonyl (C=O) groups is 1. The van der Waals surface area contributed by atoms with E-state index >= 15 is 0 Å². The molecule has 154 valence electrons. The van der Waals surface area contributed by atoms with Crippen LogP contribution in [0.15, 0.2) is 30.6 Å². The summed E-state index contributed by atoms with van der Waals surface area (Å²) < 4.78 is 18.1. The van der Waals surface area contributed by atoms with Crippen molar-refractivity contribution >= 4 is 23.3 Å². The monoisotopic (exact) mass is 403 g/mol. The molecule has 0 spiro atoms. The summed E-state index contributed by atoms with van der Waals surface area (Å²) in [5, 5.41) is 14.7. The fraction of sp³-hybridized carbons (Fsp3) is 0.421. The number of nitrogens with one attached hydrogen (secondary N) is 1. The zero-order valence-electron chi connectivity index (χ0n) is 16.0. The minimum absolute atomic E-state index is 0.0718. The Labute approximate surface area is 167 Å². The van der Waals surface area contributed by atoms with Crippen LogP contribution in [-0.2, 0) is 16.1 Å². The Bertz CT molecular complexity index is 877. The van der Waals surface area contributed by atoms with Gasteiger partial charge in [-0.2, -0.15) is 0 Å². The van der Waals surface area contributed by atoms with Crippen molar-refractivity contribution in [3.8, 4) is 0 Å². The number of hydrogen-bond donors (Lipinski definition) is 1. The number of ether oxygens (including phenoxy) is 1. The number of halogens is 1.